The van der Waals surface area contributed by atoms with Crippen molar-refractivity contribution in [2.75, 3.05) is 5.32 Å². The molecular formula is C11H11N7. The molecule has 0 amide bonds. The van der Waals surface area contributed by atoms with E-state index in [-0.39, 0.29) is 0 Å². The van der Waals surface area contributed by atoms with Crippen molar-refractivity contribution in [3.8, 4) is 0 Å². The lowest BCUT2D eigenvalue weighted by molar-refractivity contribution is 0.967. The van der Waals surface area contributed by atoms with Gasteiger partial charge >= 0.3 is 0 Å². The van der Waals surface area contributed by atoms with Crippen LogP contribution >= 0.6 is 0 Å². The van der Waals surface area contributed by atoms with Crippen LogP contribution in [0.15, 0.2) is 25.0 Å². The number of fused-ring (bicyclic) bond motifs is 1. The van der Waals surface area contributed by atoms with Gasteiger partial charge in [0.05, 0.1) is 30.5 Å². The van der Waals surface area contributed by atoms with Gasteiger partial charge in [-0.05, 0) is 6.92 Å². The van der Waals surface area contributed by atoms with Crippen molar-refractivity contribution in [1.82, 2.24) is 29.9 Å². The SMILES string of the molecule is Cc1cncc(CNc2ncnc3nc[nH]c23)n1. The van der Waals surface area contributed by atoms with Crippen molar-refractivity contribution in [1.29, 1.82) is 0 Å². The van der Waals surface area contributed by atoms with Crippen LogP contribution < -0.4 is 5.32 Å². The molecule has 0 bridgehead atoms. The van der Waals surface area contributed by atoms with Gasteiger partial charge in [-0.2, -0.15) is 0 Å². The minimum absolute atomic E-state index is 0.555. The third-order valence-electron chi connectivity index (χ3n) is 2.46. The molecule has 90 valence electrons. The summed E-state index contributed by atoms with van der Waals surface area (Å²) in [6.45, 7) is 2.47. The minimum atomic E-state index is 0.555. The van der Waals surface area contributed by atoms with Gasteiger partial charge in [-0.15, -0.1) is 0 Å². The van der Waals surface area contributed by atoms with E-state index in [1.54, 1.807) is 18.7 Å². The van der Waals surface area contributed by atoms with Crippen molar-refractivity contribution in [2.24, 2.45) is 0 Å². The number of aryl methyl sites for hydroxylation is 1. The summed E-state index contributed by atoms with van der Waals surface area (Å²) in [7, 11) is 0. The standard InChI is InChI=1S/C11H11N7/c1-7-2-12-3-8(18-7)4-13-10-9-11(15-5-14-9)17-6-16-10/h2-3,5-6H,4H2,1H3,(H2,13,14,15,16,17). The molecule has 3 heterocycles. The molecule has 0 spiro atoms. The van der Waals surface area contributed by atoms with E-state index >= 15 is 0 Å². The Bertz CT molecular complexity index is 676. The fraction of sp³-hybridized carbons (Fsp3) is 0.182. The summed E-state index contributed by atoms with van der Waals surface area (Å²) in [5.74, 6) is 0.709. The third-order valence-corrected chi connectivity index (χ3v) is 2.46. The average Bonchev–Trinajstić information content (AvgIpc) is 2.85. The maximum atomic E-state index is 4.36. The Morgan fingerprint density at radius 1 is 1.22 bits per heavy atom. The Morgan fingerprint density at radius 2 is 2.17 bits per heavy atom. The molecule has 3 aromatic heterocycles. The molecule has 0 aliphatic heterocycles. The van der Waals surface area contributed by atoms with Crippen molar-refractivity contribution in [3.63, 3.8) is 0 Å². The zero-order valence-electron chi connectivity index (χ0n) is 9.75. The van der Waals surface area contributed by atoms with Crippen molar-refractivity contribution in [3.05, 3.63) is 36.4 Å². The van der Waals surface area contributed by atoms with Crippen LogP contribution in [0.4, 0.5) is 5.82 Å². The van der Waals surface area contributed by atoms with E-state index in [1.807, 2.05) is 6.92 Å². The van der Waals surface area contributed by atoms with E-state index in [0.29, 0.717) is 18.0 Å². The van der Waals surface area contributed by atoms with Gasteiger partial charge in [-0.3, -0.25) is 9.97 Å². The molecular weight excluding hydrogens is 230 g/mol. The van der Waals surface area contributed by atoms with Crippen LogP contribution in [0, 0.1) is 6.92 Å². The van der Waals surface area contributed by atoms with Crippen LogP contribution in [0.1, 0.15) is 11.4 Å². The highest BCUT2D eigenvalue weighted by molar-refractivity contribution is 5.81. The number of anilines is 1. The maximum Gasteiger partial charge on any atom is 0.182 e. The molecule has 0 saturated carbocycles. The summed E-state index contributed by atoms with van der Waals surface area (Å²) in [4.78, 5) is 23.8. The second-order valence-electron chi connectivity index (χ2n) is 3.83. The smallest absolute Gasteiger partial charge is 0.182 e. The zero-order chi connectivity index (χ0) is 12.4. The molecule has 0 aromatic carbocycles. The van der Waals surface area contributed by atoms with Gasteiger partial charge in [0, 0.05) is 6.20 Å². The molecule has 7 heteroatoms. The van der Waals surface area contributed by atoms with Gasteiger partial charge in [0.2, 0.25) is 0 Å². The fourth-order valence-corrected chi connectivity index (χ4v) is 1.67. The minimum Gasteiger partial charge on any atom is -0.362 e. The van der Waals surface area contributed by atoms with Gasteiger partial charge in [0.1, 0.15) is 11.8 Å². The Balaban J connectivity index is 1.83. The van der Waals surface area contributed by atoms with Gasteiger partial charge in [0.25, 0.3) is 0 Å². The number of hydrogen-bond acceptors (Lipinski definition) is 6. The van der Waals surface area contributed by atoms with E-state index in [4.69, 9.17) is 0 Å². The number of H-pyrrole nitrogens is 1. The first-order valence-electron chi connectivity index (χ1n) is 5.48. The number of aromatic amines is 1. The molecule has 0 atom stereocenters. The number of hydrogen-bond donors (Lipinski definition) is 2. The zero-order valence-corrected chi connectivity index (χ0v) is 9.75. The summed E-state index contributed by atoms with van der Waals surface area (Å²) in [6.07, 6.45) is 6.52. The lowest BCUT2D eigenvalue weighted by Gasteiger charge is -2.05. The van der Waals surface area contributed by atoms with Gasteiger partial charge in [-0.25, -0.2) is 15.0 Å². The van der Waals surface area contributed by atoms with Gasteiger partial charge < -0.3 is 10.3 Å². The second kappa shape index (κ2) is 4.36. The first kappa shape index (κ1) is 10.6. The lowest BCUT2D eigenvalue weighted by Crippen LogP contribution is -2.05. The summed E-state index contributed by atoms with van der Waals surface area (Å²) in [6, 6.07) is 0. The highest BCUT2D eigenvalue weighted by Gasteiger charge is 2.05. The summed E-state index contributed by atoms with van der Waals surface area (Å²) >= 11 is 0. The number of imidazole rings is 1. The Hall–Kier alpha value is -2.57. The molecule has 0 unspecified atom stereocenters. The summed E-state index contributed by atoms with van der Waals surface area (Å²) < 4.78 is 0. The quantitative estimate of drug-likeness (QED) is 0.712. The van der Waals surface area contributed by atoms with E-state index in [0.717, 1.165) is 16.9 Å². The topological polar surface area (TPSA) is 92.3 Å². The normalized spacial score (nSPS) is 10.7. The van der Waals surface area contributed by atoms with Crippen molar-refractivity contribution >= 4 is 17.0 Å². The van der Waals surface area contributed by atoms with Crippen LogP contribution in [0.25, 0.3) is 11.2 Å². The highest BCUT2D eigenvalue weighted by atomic mass is 15.1. The van der Waals surface area contributed by atoms with Crippen LogP contribution in [0.3, 0.4) is 0 Å². The lowest BCUT2D eigenvalue weighted by atomic mass is 10.4. The third kappa shape index (κ3) is 1.97. The number of nitrogens with one attached hydrogen (secondary N) is 2. The molecule has 0 fully saturated rings. The van der Waals surface area contributed by atoms with E-state index in [1.165, 1.54) is 6.33 Å². The Kier molecular flexibility index (Phi) is 2.56. The molecule has 0 aliphatic rings. The van der Waals surface area contributed by atoms with Crippen LogP contribution in [-0.4, -0.2) is 29.9 Å². The molecule has 7 nitrogen and oxygen atoms in total. The van der Waals surface area contributed by atoms with E-state index < -0.39 is 0 Å². The second-order valence-corrected chi connectivity index (χ2v) is 3.83. The number of nitrogens with zero attached hydrogens (tertiary/aromatic N) is 5. The van der Waals surface area contributed by atoms with Gasteiger partial charge in [0.15, 0.2) is 11.5 Å². The fourth-order valence-electron chi connectivity index (χ4n) is 1.67. The molecule has 0 aliphatic carbocycles. The monoisotopic (exact) mass is 241 g/mol. The molecule has 0 radical (unpaired) electrons. The molecule has 2 N–H and O–H groups in total. The number of rotatable bonds is 3. The number of aromatic nitrogens is 6. The van der Waals surface area contributed by atoms with Crippen LogP contribution in [-0.2, 0) is 6.54 Å². The highest BCUT2D eigenvalue weighted by Crippen LogP contribution is 2.14. The molecule has 0 saturated heterocycles. The molecule has 3 rings (SSSR count). The Morgan fingerprint density at radius 3 is 3.06 bits per heavy atom. The summed E-state index contributed by atoms with van der Waals surface area (Å²) in [5, 5.41) is 3.19. The molecule has 18 heavy (non-hydrogen) atoms. The van der Waals surface area contributed by atoms with Crippen LogP contribution in [0.5, 0.6) is 0 Å². The van der Waals surface area contributed by atoms with Gasteiger partial charge in [-0.1, -0.05) is 0 Å². The average molecular weight is 241 g/mol. The van der Waals surface area contributed by atoms with E-state index in [9.17, 15) is 0 Å². The first-order chi connectivity index (χ1) is 8.83. The summed E-state index contributed by atoms with van der Waals surface area (Å²) in [5.41, 5.74) is 3.19. The van der Waals surface area contributed by atoms with Crippen molar-refractivity contribution < 1.29 is 0 Å². The first-order valence-corrected chi connectivity index (χ1v) is 5.48. The largest absolute Gasteiger partial charge is 0.362 e. The predicted octanol–water partition coefficient (Wildman–Crippen LogP) is 1.06. The van der Waals surface area contributed by atoms with Crippen molar-refractivity contribution in [2.45, 2.75) is 13.5 Å². The van der Waals surface area contributed by atoms with Crippen LogP contribution in [0.2, 0.25) is 0 Å². The Labute approximate surface area is 103 Å². The maximum absolute atomic E-state index is 4.36. The predicted molar refractivity (Wildman–Crippen MR) is 65.8 cm³/mol. The molecule has 3 aromatic rings. The van der Waals surface area contributed by atoms with E-state index in [2.05, 4.69) is 35.2 Å².